The van der Waals surface area contributed by atoms with Crippen LogP contribution < -0.4 is 4.74 Å². The molecule has 2 aromatic carbocycles. The highest BCUT2D eigenvalue weighted by molar-refractivity contribution is 6.30. The molecule has 1 fully saturated rings. The quantitative estimate of drug-likeness (QED) is 0.725. The molecule has 0 aromatic heterocycles. The van der Waals surface area contributed by atoms with Gasteiger partial charge in [-0.05, 0) is 36.4 Å². The Bertz CT molecular complexity index is 885. The zero-order valence-corrected chi connectivity index (χ0v) is 15.4. The lowest BCUT2D eigenvalue weighted by Gasteiger charge is -2.34. The number of rotatable bonds is 4. The smallest absolute Gasteiger partial charge is 0.260 e. The van der Waals surface area contributed by atoms with Crippen LogP contribution in [0.3, 0.4) is 0 Å². The van der Waals surface area contributed by atoms with E-state index in [0.29, 0.717) is 16.8 Å². The van der Waals surface area contributed by atoms with Crippen molar-refractivity contribution in [2.24, 2.45) is 0 Å². The molecule has 28 heavy (non-hydrogen) atoms. The van der Waals surface area contributed by atoms with E-state index in [-0.39, 0.29) is 38.7 Å². The number of benzene rings is 2. The number of carbonyl (C=O) groups excluding carboxylic acids is 2. The Morgan fingerprint density at radius 2 is 1.50 bits per heavy atom. The number of amides is 2. The molecule has 0 spiro atoms. The van der Waals surface area contributed by atoms with Crippen molar-refractivity contribution < 1.29 is 27.5 Å². The van der Waals surface area contributed by atoms with Crippen LogP contribution in [0.1, 0.15) is 10.4 Å². The van der Waals surface area contributed by atoms with Gasteiger partial charge in [-0.25, -0.2) is 13.2 Å². The number of nitrogens with zero attached hydrogens (tertiary/aromatic N) is 2. The first-order chi connectivity index (χ1) is 13.4. The van der Waals surface area contributed by atoms with E-state index >= 15 is 0 Å². The van der Waals surface area contributed by atoms with Gasteiger partial charge in [-0.3, -0.25) is 9.59 Å². The number of hydrogen-bond donors (Lipinski definition) is 0. The van der Waals surface area contributed by atoms with Gasteiger partial charge in [-0.15, -0.1) is 0 Å². The van der Waals surface area contributed by atoms with Crippen molar-refractivity contribution in [3.8, 4) is 5.75 Å². The maximum Gasteiger partial charge on any atom is 0.260 e. The lowest BCUT2D eigenvalue weighted by molar-refractivity contribution is -0.134. The van der Waals surface area contributed by atoms with Crippen LogP contribution in [0.4, 0.5) is 13.2 Å². The molecular weight excluding hydrogens is 397 g/mol. The standard InChI is InChI=1S/C19H16ClF3N2O3/c20-12-1-3-13(4-2-12)28-11-16(26)24-7-9-25(10-8-24)19(27)14-5-6-15(21)18(23)17(14)22/h1-6H,7-11H2. The maximum absolute atomic E-state index is 13.8. The van der Waals surface area contributed by atoms with Crippen LogP contribution >= 0.6 is 11.6 Å². The molecular formula is C19H16ClF3N2O3. The fourth-order valence-corrected chi connectivity index (χ4v) is 2.91. The Morgan fingerprint density at radius 3 is 2.14 bits per heavy atom. The zero-order valence-electron chi connectivity index (χ0n) is 14.6. The van der Waals surface area contributed by atoms with E-state index in [1.165, 1.54) is 9.80 Å². The third-order valence-electron chi connectivity index (χ3n) is 4.36. The molecule has 0 saturated carbocycles. The van der Waals surface area contributed by atoms with Crippen molar-refractivity contribution in [1.82, 2.24) is 9.80 Å². The summed E-state index contributed by atoms with van der Waals surface area (Å²) < 4.78 is 45.6. The highest BCUT2D eigenvalue weighted by Crippen LogP contribution is 2.18. The summed E-state index contributed by atoms with van der Waals surface area (Å²) in [4.78, 5) is 27.4. The van der Waals surface area contributed by atoms with Crippen molar-refractivity contribution in [2.45, 2.75) is 0 Å². The Morgan fingerprint density at radius 1 is 0.893 bits per heavy atom. The molecule has 0 N–H and O–H groups in total. The van der Waals surface area contributed by atoms with E-state index < -0.39 is 28.9 Å². The van der Waals surface area contributed by atoms with Gasteiger partial charge in [-0.2, -0.15) is 0 Å². The summed E-state index contributed by atoms with van der Waals surface area (Å²) in [5, 5.41) is 0.553. The van der Waals surface area contributed by atoms with E-state index in [4.69, 9.17) is 16.3 Å². The number of carbonyl (C=O) groups is 2. The Balaban J connectivity index is 1.53. The van der Waals surface area contributed by atoms with Crippen molar-refractivity contribution >= 4 is 23.4 Å². The lowest BCUT2D eigenvalue weighted by atomic mass is 10.1. The van der Waals surface area contributed by atoms with Gasteiger partial charge < -0.3 is 14.5 Å². The molecule has 2 aromatic rings. The molecule has 1 heterocycles. The normalized spacial score (nSPS) is 14.1. The van der Waals surface area contributed by atoms with E-state index in [2.05, 4.69) is 0 Å². The van der Waals surface area contributed by atoms with Gasteiger partial charge >= 0.3 is 0 Å². The van der Waals surface area contributed by atoms with Crippen LogP contribution in [0.15, 0.2) is 36.4 Å². The highest BCUT2D eigenvalue weighted by Gasteiger charge is 2.28. The van der Waals surface area contributed by atoms with Crippen molar-refractivity contribution in [3.05, 3.63) is 64.4 Å². The predicted molar refractivity (Wildman–Crippen MR) is 95.7 cm³/mol. The van der Waals surface area contributed by atoms with Crippen LogP contribution in [0.5, 0.6) is 5.75 Å². The molecule has 0 radical (unpaired) electrons. The summed E-state index contributed by atoms with van der Waals surface area (Å²) in [5.41, 5.74) is -0.537. The van der Waals surface area contributed by atoms with Gasteiger partial charge in [-0.1, -0.05) is 11.6 Å². The molecule has 3 rings (SSSR count). The summed E-state index contributed by atoms with van der Waals surface area (Å²) >= 11 is 5.78. The molecule has 9 heteroatoms. The minimum absolute atomic E-state index is 0.143. The minimum Gasteiger partial charge on any atom is -0.484 e. The van der Waals surface area contributed by atoms with E-state index in [1.807, 2.05) is 0 Å². The first kappa shape index (κ1) is 20.0. The van der Waals surface area contributed by atoms with Gasteiger partial charge in [0.15, 0.2) is 24.1 Å². The third kappa shape index (κ3) is 4.39. The molecule has 5 nitrogen and oxygen atoms in total. The monoisotopic (exact) mass is 412 g/mol. The fourth-order valence-electron chi connectivity index (χ4n) is 2.79. The molecule has 0 bridgehead atoms. The molecule has 2 amide bonds. The van der Waals surface area contributed by atoms with Crippen molar-refractivity contribution in [1.29, 1.82) is 0 Å². The molecule has 0 unspecified atom stereocenters. The Hall–Kier alpha value is -2.74. The topological polar surface area (TPSA) is 49.9 Å². The van der Waals surface area contributed by atoms with Gasteiger partial charge in [0.25, 0.3) is 11.8 Å². The largest absolute Gasteiger partial charge is 0.484 e. The minimum atomic E-state index is -1.68. The second kappa shape index (κ2) is 8.52. The van der Waals surface area contributed by atoms with Crippen LogP contribution in [-0.2, 0) is 4.79 Å². The zero-order chi connectivity index (χ0) is 20.3. The molecule has 1 saturated heterocycles. The van der Waals surface area contributed by atoms with Gasteiger partial charge in [0.1, 0.15) is 5.75 Å². The van der Waals surface area contributed by atoms with E-state index in [0.717, 1.165) is 6.07 Å². The van der Waals surface area contributed by atoms with Crippen molar-refractivity contribution in [3.63, 3.8) is 0 Å². The summed E-state index contributed by atoms with van der Waals surface area (Å²) in [6.07, 6.45) is 0. The lowest BCUT2D eigenvalue weighted by Crippen LogP contribution is -2.51. The number of hydrogen-bond acceptors (Lipinski definition) is 3. The van der Waals surface area contributed by atoms with Crippen LogP contribution in [0.2, 0.25) is 5.02 Å². The summed E-state index contributed by atoms with van der Waals surface area (Å²) in [7, 11) is 0. The fraction of sp³-hybridized carbons (Fsp3) is 0.263. The second-order valence-electron chi connectivity index (χ2n) is 6.14. The van der Waals surface area contributed by atoms with Gasteiger partial charge in [0, 0.05) is 31.2 Å². The first-order valence-corrected chi connectivity index (χ1v) is 8.83. The van der Waals surface area contributed by atoms with E-state index in [9.17, 15) is 22.8 Å². The Labute approximate surface area is 164 Å². The summed E-state index contributed by atoms with van der Waals surface area (Å²) in [6.45, 7) is 0.557. The molecule has 1 aliphatic rings. The molecule has 148 valence electrons. The summed E-state index contributed by atoms with van der Waals surface area (Å²) in [5.74, 6) is -5.06. The first-order valence-electron chi connectivity index (χ1n) is 8.45. The molecule has 1 aliphatic heterocycles. The number of piperazine rings is 1. The Kier molecular flexibility index (Phi) is 6.08. The number of halogens is 4. The van der Waals surface area contributed by atoms with E-state index in [1.54, 1.807) is 24.3 Å². The van der Waals surface area contributed by atoms with Crippen LogP contribution in [-0.4, -0.2) is 54.4 Å². The second-order valence-corrected chi connectivity index (χ2v) is 6.57. The van der Waals surface area contributed by atoms with Crippen LogP contribution in [0, 0.1) is 17.5 Å². The summed E-state index contributed by atoms with van der Waals surface area (Å²) in [6, 6.07) is 8.19. The predicted octanol–water partition coefficient (Wildman–Crippen LogP) is 3.12. The van der Waals surface area contributed by atoms with Crippen LogP contribution in [0.25, 0.3) is 0 Å². The molecule has 0 aliphatic carbocycles. The number of ether oxygens (including phenoxy) is 1. The SMILES string of the molecule is O=C(COc1ccc(Cl)cc1)N1CCN(C(=O)c2ccc(F)c(F)c2F)CC1. The highest BCUT2D eigenvalue weighted by atomic mass is 35.5. The van der Waals surface area contributed by atoms with Gasteiger partial charge in [0.05, 0.1) is 5.56 Å². The van der Waals surface area contributed by atoms with Crippen molar-refractivity contribution in [2.75, 3.05) is 32.8 Å². The molecule has 0 atom stereocenters. The average molecular weight is 413 g/mol. The third-order valence-corrected chi connectivity index (χ3v) is 4.61. The average Bonchev–Trinajstić information content (AvgIpc) is 2.71. The maximum atomic E-state index is 13.8. The van der Waals surface area contributed by atoms with Gasteiger partial charge in [0.2, 0.25) is 0 Å².